The Balaban J connectivity index is 1.84. The highest BCUT2D eigenvalue weighted by Gasteiger charge is 2.29. The van der Waals surface area contributed by atoms with E-state index in [2.05, 4.69) is 4.72 Å². The average molecular weight is 463 g/mol. The highest BCUT2D eigenvalue weighted by Crippen LogP contribution is 2.30. The van der Waals surface area contributed by atoms with Crippen molar-refractivity contribution in [3.63, 3.8) is 0 Å². The van der Waals surface area contributed by atoms with Crippen molar-refractivity contribution in [2.75, 3.05) is 36.4 Å². The number of aromatic carboxylic acids is 1. The molecule has 1 atom stereocenters. The second-order valence-corrected chi connectivity index (χ2v) is 9.04. The topological polar surface area (TPSA) is 122 Å². The van der Waals surface area contributed by atoms with Crippen LogP contribution >= 0.6 is 0 Å². The Hall–Kier alpha value is -3.27. The molecule has 172 valence electrons. The van der Waals surface area contributed by atoms with Gasteiger partial charge in [0.25, 0.3) is 10.0 Å². The third kappa shape index (κ3) is 5.31. The first-order chi connectivity index (χ1) is 15.2. The van der Waals surface area contributed by atoms with Gasteiger partial charge in [-0.05, 0) is 62.2 Å². The van der Waals surface area contributed by atoms with E-state index in [1.807, 2.05) is 4.90 Å². The molecule has 0 spiro atoms. The van der Waals surface area contributed by atoms with E-state index in [9.17, 15) is 23.1 Å². The van der Waals surface area contributed by atoms with E-state index in [0.717, 1.165) is 0 Å². The summed E-state index contributed by atoms with van der Waals surface area (Å²) in [5.74, 6) is -1.30. The minimum Gasteiger partial charge on any atom is -0.497 e. The van der Waals surface area contributed by atoms with Gasteiger partial charge in [0, 0.05) is 18.8 Å². The average Bonchev–Trinajstić information content (AvgIpc) is 2.79. The molecule has 32 heavy (non-hydrogen) atoms. The molecule has 2 aromatic carbocycles. The van der Waals surface area contributed by atoms with Crippen LogP contribution in [0, 0.1) is 5.92 Å². The summed E-state index contributed by atoms with van der Waals surface area (Å²) < 4.78 is 37.9. The Labute approximate surface area is 187 Å². The van der Waals surface area contributed by atoms with Crippen molar-refractivity contribution in [1.82, 2.24) is 0 Å². The van der Waals surface area contributed by atoms with E-state index < -0.39 is 16.0 Å². The van der Waals surface area contributed by atoms with E-state index >= 15 is 0 Å². The molecular formula is C22H26N2O7S. The molecule has 0 saturated carbocycles. The van der Waals surface area contributed by atoms with Crippen LogP contribution in [-0.4, -0.2) is 52.3 Å². The number of hydrogen-bond acceptors (Lipinski definition) is 7. The molecule has 2 N–H and O–H groups in total. The molecule has 3 rings (SSSR count). The maximum Gasteiger partial charge on any atom is 0.337 e. The molecule has 9 nitrogen and oxygen atoms in total. The highest BCUT2D eigenvalue weighted by molar-refractivity contribution is 7.92. The van der Waals surface area contributed by atoms with Gasteiger partial charge in [0.2, 0.25) is 0 Å². The minimum absolute atomic E-state index is 0.0209. The number of carboxylic acid groups (broad SMARTS) is 1. The first-order valence-corrected chi connectivity index (χ1v) is 11.7. The quantitative estimate of drug-likeness (QED) is 0.574. The molecule has 0 amide bonds. The molecule has 0 aliphatic carbocycles. The number of carbonyl (C=O) groups excluding carboxylic acids is 1. The Kier molecular flexibility index (Phi) is 7.24. The number of benzene rings is 2. The van der Waals surface area contributed by atoms with Crippen molar-refractivity contribution in [3.05, 3.63) is 48.0 Å². The number of hydrogen-bond donors (Lipinski definition) is 2. The van der Waals surface area contributed by atoms with Gasteiger partial charge >= 0.3 is 11.9 Å². The predicted molar refractivity (Wildman–Crippen MR) is 119 cm³/mol. The molecule has 2 aromatic rings. The molecule has 0 radical (unpaired) electrons. The molecule has 1 aliphatic rings. The van der Waals surface area contributed by atoms with Gasteiger partial charge in [-0.15, -0.1) is 0 Å². The van der Waals surface area contributed by atoms with E-state index in [0.29, 0.717) is 44.0 Å². The monoisotopic (exact) mass is 462 g/mol. The van der Waals surface area contributed by atoms with Crippen molar-refractivity contribution in [3.8, 4) is 5.75 Å². The van der Waals surface area contributed by atoms with E-state index in [-0.39, 0.29) is 28.0 Å². The molecule has 0 aromatic heterocycles. The number of nitrogens with one attached hydrogen (secondary N) is 1. The number of methoxy groups -OCH3 is 1. The number of carboxylic acids is 1. The smallest absolute Gasteiger partial charge is 0.337 e. The molecule has 1 aliphatic heterocycles. The Morgan fingerprint density at radius 2 is 1.91 bits per heavy atom. The normalized spacial score (nSPS) is 16.3. The number of piperidine rings is 1. The minimum atomic E-state index is -3.92. The summed E-state index contributed by atoms with van der Waals surface area (Å²) in [7, 11) is -2.44. The standard InChI is InChI=1S/C22H26N2O7S/c1-3-31-22(27)15-5-4-12-24(14-15)20-11-6-16(13-19(20)21(25)26)23-32(28,29)18-9-7-17(30-2)8-10-18/h6-11,13,15,23H,3-5,12,14H2,1-2H3,(H,25,26)/t15-/m1/s1. The van der Waals surface area contributed by atoms with Crippen LogP contribution in [0.25, 0.3) is 0 Å². The van der Waals surface area contributed by atoms with Gasteiger partial charge in [-0.2, -0.15) is 0 Å². The number of nitrogens with zero attached hydrogens (tertiary/aromatic N) is 1. The van der Waals surface area contributed by atoms with E-state index in [4.69, 9.17) is 9.47 Å². The van der Waals surface area contributed by atoms with Crippen molar-refractivity contribution < 1.29 is 32.6 Å². The summed E-state index contributed by atoms with van der Waals surface area (Å²) in [5, 5.41) is 9.74. The zero-order chi connectivity index (χ0) is 23.3. The van der Waals surface area contributed by atoms with Crippen LogP contribution in [0.4, 0.5) is 11.4 Å². The second-order valence-electron chi connectivity index (χ2n) is 7.36. The van der Waals surface area contributed by atoms with Gasteiger partial charge in [-0.3, -0.25) is 9.52 Å². The molecular weight excluding hydrogens is 436 g/mol. The fraction of sp³-hybridized carbons (Fsp3) is 0.364. The predicted octanol–water partition coefficient (Wildman–Crippen LogP) is 2.97. The number of anilines is 2. The fourth-order valence-corrected chi connectivity index (χ4v) is 4.71. The highest BCUT2D eigenvalue weighted by atomic mass is 32.2. The van der Waals surface area contributed by atoms with Gasteiger partial charge in [-0.1, -0.05) is 0 Å². The van der Waals surface area contributed by atoms with Crippen LogP contribution in [0.2, 0.25) is 0 Å². The number of sulfonamides is 1. The van der Waals surface area contributed by atoms with Gasteiger partial charge in [0.1, 0.15) is 5.75 Å². The first kappa shape index (κ1) is 23.4. The van der Waals surface area contributed by atoms with Crippen LogP contribution in [0.5, 0.6) is 5.75 Å². The summed E-state index contributed by atoms with van der Waals surface area (Å²) in [6.45, 7) is 2.97. The molecule has 10 heteroatoms. The summed E-state index contributed by atoms with van der Waals surface area (Å²) in [4.78, 5) is 25.9. The number of esters is 1. The van der Waals surface area contributed by atoms with Crippen LogP contribution in [0.1, 0.15) is 30.1 Å². The summed E-state index contributed by atoms with van der Waals surface area (Å²) >= 11 is 0. The summed E-state index contributed by atoms with van der Waals surface area (Å²) in [5.41, 5.74) is 0.504. The van der Waals surface area contributed by atoms with Crippen molar-refractivity contribution in [1.29, 1.82) is 0 Å². The van der Waals surface area contributed by atoms with Crippen molar-refractivity contribution >= 4 is 33.3 Å². The lowest BCUT2D eigenvalue weighted by Crippen LogP contribution is -2.40. The summed E-state index contributed by atoms with van der Waals surface area (Å²) in [6, 6.07) is 10.2. The Morgan fingerprint density at radius 1 is 1.19 bits per heavy atom. The summed E-state index contributed by atoms with van der Waals surface area (Å²) in [6.07, 6.45) is 1.39. The zero-order valence-corrected chi connectivity index (χ0v) is 18.7. The largest absolute Gasteiger partial charge is 0.497 e. The van der Waals surface area contributed by atoms with E-state index in [1.54, 1.807) is 13.0 Å². The van der Waals surface area contributed by atoms with Gasteiger partial charge in [0.15, 0.2) is 0 Å². The maximum absolute atomic E-state index is 12.7. The lowest BCUT2D eigenvalue weighted by atomic mass is 9.97. The molecule has 0 bridgehead atoms. The molecule has 0 unspecified atom stereocenters. The Bertz CT molecular complexity index is 1080. The van der Waals surface area contributed by atoms with Crippen molar-refractivity contribution in [2.24, 2.45) is 5.92 Å². The SMILES string of the molecule is CCOC(=O)[C@@H]1CCCN(c2ccc(NS(=O)(=O)c3ccc(OC)cc3)cc2C(=O)O)C1. The zero-order valence-electron chi connectivity index (χ0n) is 17.9. The van der Waals surface area contributed by atoms with Gasteiger partial charge in [0.05, 0.1) is 35.8 Å². The number of carbonyl (C=O) groups is 2. The van der Waals surface area contributed by atoms with Gasteiger partial charge in [-0.25, -0.2) is 13.2 Å². The lowest BCUT2D eigenvalue weighted by molar-refractivity contribution is -0.148. The Morgan fingerprint density at radius 3 is 2.53 bits per heavy atom. The van der Waals surface area contributed by atoms with Gasteiger partial charge < -0.3 is 19.5 Å². The van der Waals surface area contributed by atoms with Crippen molar-refractivity contribution in [2.45, 2.75) is 24.7 Å². The first-order valence-electron chi connectivity index (χ1n) is 10.2. The van der Waals surface area contributed by atoms with E-state index in [1.165, 1.54) is 43.5 Å². The third-order valence-electron chi connectivity index (χ3n) is 5.23. The fourth-order valence-electron chi connectivity index (χ4n) is 3.66. The third-order valence-corrected chi connectivity index (χ3v) is 6.63. The molecule has 1 heterocycles. The maximum atomic E-state index is 12.7. The molecule has 1 saturated heterocycles. The number of ether oxygens (including phenoxy) is 2. The van der Waals surface area contributed by atoms with Crippen LogP contribution < -0.4 is 14.4 Å². The van der Waals surface area contributed by atoms with Crippen LogP contribution in [-0.2, 0) is 19.6 Å². The second kappa shape index (κ2) is 9.90. The van der Waals surface area contributed by atoms with Crippen LogP contribution in [0.3, 0.4) is 0 Å². The van der Waals surface area contributed by atoms with Crippen LogP contribution in [0.15, 0.2) is 47.4 Å². The number of rotatable bonds is 8. The molecule has 1 fully saturated rings. The lowest BCUT2D eigenvalue weighted by Gasteiger charge is -2.34.